The molecule has 144 valence electrons. The van der Waals surface area contributed by atoms with E-state index >= 15 is 0 Å². The average molecular weight is 377 g/mol. The normalized spacial score (nSPS) is 14.9. The maximum absolute atomic E-state index is 12.7. The van der Waals surface area contributed by atoms with Crippen molar-refractivity contribution < 1.29 is 4.79 Å². The molecule has 0 atom stereocenters. The number of piperidine rings is 1. The molecule has 0 aliphatic carbocycles. The summed E-state index contributed by atoms with van der Waals surface area (Å²) in [7, 11) is 0. The van der Waals surface area contributed by atoms with Gasteiger partial charge >= 0.3 is 0 Å². The lowest BCUT2D eigenvalue weighted by Crippen LogP contribution is -2.38. The number of aryl methyl sites for hydroxylation is 2. The number of aromatic nitrogens is 5. The van der Waals surface area contributed by atoms with Crippen LogP contribution in [0.2, 0.25) is 0 Å². The molecule has 3 heterocycles. The van der Waals surface area contributed by atoms with Gasteiger partial charge in [-0.05, 0) is 49.9 Å². The first-order chi connectivity index (χ1) is 13.6. The van der Waals surface area contributed by atoms with Crippen LogP contribution >= 0.6 is 0 Å². The molecule has 8 nitrogen and oxygen atoms in total. The standard InChI is InChI=1S/C20H23N7O/c1-14-4-3-5-15(2)19(14)23-20(28)16-8-10-26(11-9-16)17-6-7-18(25-24-17)27-13-21-12-22-27/h3-7,12-13,16H,8-11H2,1-2H3,(H,23,28). The molecule has 1 N–H and O–H groups in total. The van der Waals surface area contributed by atoms with E-state index in [4.69, 9.17) is 0 Å². The van der Waals surface area contributed by atoms with Crippen LogP contribution in [0, 0.1) is 19.8 Å². The Morgan fingerprint density at radius 2 is 1.71 bits per heavy atom. The number of carbonyl (C=O) groups excluding carboxylic acids is 1. The summed E-state index contributed by atoms with van der Waals surface area (Å²) >= 11 is 0. The Morgan fingerprint density at radius 1 is 1.04 bits per heavy atom. The third-order valence-electron chi connectivity index (χ3n) is 5.21. The van der Waals surface area contributed by atoms with Gasteiger partial charge in [0.15, 0.2) is 11.6 Å². The third-order valence-corrected chi connectivity index (χ3v) is 5.21. The van der Waals surface area contributed by atoms with E-state index in [1.54, 1.807) is 11.0 Å². The molecule has 1 aromatic carbocycles. The second-order valence-electron chi connectivity index (χ2n) is 7.11. The van der Waals surface area contributed by atoms with Gasteiger partial charge in [0.1, 0.15) is 12.7 Å². The van der Waals surface area contributed by atoms with E-state index in [0.717, 1.165) is 48.6 Å². The summed E-state index contributed by atoms with van der Waals surface area (Å²) in [5, 5.41) is 15.7. The number of hydrogen-bond donors (Lipinski definition) is 1. The molecule has 1 aliphatic heterocycles. The number of rotatable bonds is 4. The predicted octanol–water partition coefficient (Wildman–Crippen LogP) is 2.53. The Kier molecular flexibility index (Phi) is 5.01. The number of hydrogen-bond acceptors (Lipinski definition) is 6. The Labute approximate surface area is 163 Å². The molecule has 0 unspecified atom stereocenters. The van der Waals surface area contributed by atoms with Crippen LogP contribution in [0.3, 0.4) is 0 Å². The Bertz CT molecular complexity index is 925. The van der Waals surface area contributed by atoms with E-state index in [9.17, 15) is 4.79 Å². The van der Waals surface area contributed by atoms with Crippen molar-refractivity contribution in [2.75, 3.05) is 23.3 Å². The summed E-state index contributed by atoms with van der Waals surface area (Å²) < 4.78 is 1.57. The first-order valence-electron chi connectivity index (χ1n) is 9.42. The molecule has 0 bridgehead atoms. The monoisotopic (exact) mass is 377 g/mol. The van der Waals surface area contributed by atoms with Gasteiger partial charge in [-0.1, -0.05) is 18.2 Å². The van der Waals surface area contributed by atoms with Crippen molar-refractivity contribution in [2.45, 2.75) is 26.7 Å². The lowest BCUT2D eigenvalue weighted by atomic mass is 9.95. The summed E-state index contributed by atoms with van der Waals surface area (Å²) in [4.78, 5) is 18.8. The summed E-state index contributed by atoms with van der Waals surface area (Å²) in [6.07, 6.45) is 4.64. The maximum Gasteiger partial charge on any atom is 0.227 e. The molecule has 2 aromatic heterocycles. The SMILES string of the molecule is Cc1cccc(C)c1NC(=O)C1CCN(c2ccc(-n3cncn3)nn2)CC1. The van der Waals surface area contributed by atoms with E-state index in [-0.39, 0.29) is 11.8 Å². The Balaban J connectivity index is 1.36. The first-order valence-corrected chi connectivity index (χ1v) is 9.42. The highest BCUT2D eigenvalue weighted by molar-refractivity contribution is 5.94. The number of nitrogens with zero attached hydrogens (tertiary/aromatic N) is 6. The molecule has 1 aliphatic rings. The molecule has 0 spiro atoms. The molecule has 0 saturated carbocycles. The van der Waals surface area contributed by atoms with Crippen LogP contribution < -0.4 is 10.2 Å². The Morgan fingerprint density at radius 3 is 2.32 bits per heavy atom. The Hall–Kier alpha value is -3.29. The molecule has 1 fully saturated rings. The lowest BCUT2D eigenvalue weighted by Gasteiger charge is -2.32. The van der Waals surface area contributed by atoms with Crippen LogP contribution in [-0.2, 0) is 4.79 Å². The fourth-order valence-corrected chi connectivity index (χ4v) is 3.54. The number of carbonyl (C=O) groups is 1. The van der Waals surface area contributed by atoms with Crippen LogP contribution in [0.1, 0.15) is 24.0 Å². The van der Waals surface area contributed by atoms with Crippen LogP contribution in [0.25, 0.3) is 5.82 Å². The van der Waals surface area contributed by atoms with Crippen LogP contribution in [0.5, 0.6) is 0 Å². The van der Waals surface area contributed by atoms with E-state index in [1.165, 1.54) is 6.33 Å². The second kappa shape index (κ2) is 7.75. The molecule has 3 aromatic rings. The van der Waals surface area contributed by atoms with Gasteiger partial charge in [-0.25, -0.2) is 9.67 Å². The van der Waals surface area contributed by atoms with Gasteiger partial charge in [-0.15, -0.1) is 10.2 Å². The van der Waals surface area contributed by atoms with Gasteiger partial charge in [0, 0.05) is 24.7 Å². The van der Waals surface area contributed by atoms with Crippen LogP contribution in [0.15, 0.2) is 43.0 Å². The van der Waals surface area contributed by atoms with Gasteiger partial charge in [0.2, 0.25) is 5.91 Å². The molecule has 4 rings (SSSR count). The average Bonchev–Trinajstić information content (AvgIpc) is 3.26. The fourth-order valence-electron chi connectivity index (χ4n) is 3.54. The zero-order valence-corrected chi connectivity index (χ0v) is 16.0. The fraction of sp³-hybridized carbons (Fsp3) is 0.350. The lowest BCUT2D eigenvalue weighted by molar-refractivity contribution is -0.120. The van der Waals surface area contributed by atoms with Crippen molar-refractivity contribution in [2.24, 2.45) is 5.92 Å². The van der Waals surface area contributed by atoms with E-state index < -0.39 is 0 Å². The van der Waals surface area contributed by atoms with Crippen molar-refractivity contribution in [3.63, 3.8) is 0 Å². The molecule has 1 amide bonds. The minimum Gasteiger partial charge on any atom is -0.355 e. The summed E-state index contributed by atoms with van der Waals surface area (Å²) in [5.74, 6) is 1.56. The van der Waals surface area contributed by atoms with Crippen molar-refractivity contribution >= 4 is 17.4 Å². The molecule has 8 heteroatoms. The number of para-hydroxylation sites is 1. The summed E-state index contributed by atoms with van der Waals surface area (Å²) in [6.45, 7) is 5.60. The second-order valence-corrected chi connectivity index (χ2v) is 7.11. The topological polar surface area (TPSA) is 88.8 Å². The molecule has 28 heavy (non-hydrogen) atoms. The van der Waals surface area contributed by atoms with Crippen molar-refractivity contribution in [3.05, 3.63) is 54.1 Å². The number of anilines is 2. The van der Waals surface area contributed by atoms with Crippen molar-refractivity contribution in [1.29, 1.82) is 0 Å². The van der Waals surface area contributed by atoms with Gasteiger partial charge in [-0.2, -0.15) is 5.10 Å². The van der Waals surface area contributed by atoms with Gasteiger partial charge in [0.05, 0.1) is 0 Å². The van der Waals surface area contributed by atoms with Crippen LogP contribution in [-0.4, -0.2) is 44.0 Å². The zero-order chi connectivity index (χ0) is 19.5. The predicted molar refractivity (Wildman–Crippen MR) is 106 cm³/mol. The highest BCUT2D eigenvalue weighted by atomic mass is 16.1. The van der Waals surface area contributed by atoms with E-state index in [0.29, 0.717) is 5.82 Å². The van der Waals surface area contributed by atoms with E-state index in [2.05, 4.69) is 30.5 Å². The zero-order valence-electron chi connectivity index (χ0n) is 16.0. The van der Waals surface area contributed by atoms with Gasteiger partial charge < -0.3 is 10.2 Å². The molecule has 1 saturated heterocycles. The molecule has 0 radical (unpaired) electrons. The van der Waals surface area contributed by atoms with Crippen molar-refractivity contribution in [3.8, 4) is 5.82 Å². The van der Waals surface area contributed by atoms with Gasteiger partial charge in [-0.3, -0.25) is 4.79 Å². The molecular weight excluding hydrogens is 354 g/mol. The largest absolute Gasteiger partial charge is 0.355 e. The first kappa shape index (κ1) is 18.1. The van der Waals surface area contributed by atoms with Gasteiger partial charge in [0.25, 0.3) is 0 Å². The number of nitrogens with one attached hydrogen (secondary N) is 1. The van der Waals surface area contributed by atoms with E-state index in [1.807, 2.05) is 44.2 Å². The minimum absolute atomic E-state index is 0.0117. The third kappa shape index (κ3) is 3.71. The van der Waals surface area contributed by atoms with Crippen molar-refractivity contribution in [1.82, 2.24) is 25.0 Å². The molecular formula is C20H23N7O. The van der Waals surface area contributed by atoms with Crippen LogP contribution in [0.4, 0.5) is 11.5 Å². The quantitative estimate of drug-likeness (QED) is 0.752. The summed E-state index contributed by atoms with van der Waals surface area (Å²) in [6, 6.07) is 9.85. The smallest absolute Gasteiger partial charge is 0.227 e. The maximum atomic E-state index is 12.7. The summed E-state index contributed by atoms with van der Waals surface area (Å²) in [5.41, 5.74) is 3.12. The minimum atomic E-state index is 0.0117. The number of benzene rings is 1. The number of amides is 1. The highest BCUT2D eigenvalue weighted by Gasteiger charge is 2.26. The highest BCUT2D eigenvalue weighted by Crippen LogP contribution is 2.25.